The molecule has 132 valence electrons. The Bertz CT molecular complexity index is 894. The van der Waals surface area contributed by atoms with Crippen molar-refractivity contribution >= 4 is 44.9 Å². The zero-order valence-corrected chi connectivity index (χ0v) is 16.3. The lowest BCUT2D eigenvalue weighted by molar-refractivity contribution is -0.123. The van der Waals surface area contributed by atoms with Gasteiger partial charge < -0.3 is 4.74 Å². The van der Waals surface area contributed by atoms with E-state index in [9.17, 15) is 9.59 Å². The predicted molar refractivity (Wildman–Crippen MR) is 108 cm³/mol. The summed E-state index contributed by atoms with van der Waals surface area (Å²) in [5.41, 5.74) is 1.63. The van der Waals surface area contributed by atoms with Crippen molar-refractivity contribution in [1.29, 1.82) is 0 Å². The van der Waals surface area contributed by atoms with Gasteiger partial charge in [0.1, 0.15) is 12.4 Å². The number of imide groups is 1. The third-order valence-corrected chi connectivity index (χ3v) is 5.40. The first-order valence-corrected chi connectivity index (χ1v) is 9.52. The van der Waals surface area contributed by atoms with Crippen LogP contribution in [0, 0.1) is 0 Å². The van der Waals surface area contributed by atoms with Crippen molar-refractivity contribution in [2.45, 2.75) is 6.54 Å². The molecule has 0 radical (unpaired) electrons. The Kier molecular flexibility index (Phi) is 5.96. The lowest BCUT2D eigenvalue weighted by Crippen LogP contribution is -2.27. The van der Waals surface area contributed by atoms with Crippen LogP contribution in [0.4, 0.5) is 4.79 Å². The first-order chi connectivity index (χ1) is 12.6. The number of halogens is 1. The van der Waals surface area contributed by atoms with Crippen molar-refractivity contribution in [3.8, 4) is 5.75 Å². The highest BCUT2D eigenvalue weighted by atomic mass is 79.9. The maximum absolute atomic E-state index is 12.7. The Morgan fingerprint density at radius 3 is 2.62 bits per heavy atom. The number of carbonyl (C=O) groups is 2. The van der Waals surface area contributed by atoms with Crippen LogP contribution in [0.5, 0.6) is 5.75 Å². The summed E-state index contributed by atoms with van der Waals surface area (Å²) in [6.45, 7) is 4.24. The summed E-state index contributed by atoms with van der Waals surface area (Å²) >= 11 is 4.39. The Hall–Kier alpha value is -2.31. The Morgan fingerprint density at radius 1 is 1.12 bits per heavy atom. The summed E-state index contributed by atoms with van der Waals surface area (Å²) in [6, 6.07) is 14.9. The molecule has 0 aromatic heterocycles. The molecule has 1 aliphatic heterocycles. The summed E-state index contributed by atoms with van der Waals surface area (Å²) in [6.07, 6.45) is 3.35. The van der Waals surface area contributed by atoms with Crippen LogP contribution in [0.25, 0.3) is 6.08 Å². The van der Waals surface area contributed by atoms with Gasteiger partial charge in [0.15, 0.2) is 0 Å². The summed E-state index contributed by atoms with van der Waals surface area (Å²) in [5.74, 6) is 0.347. The fourth-order valence-corrected chi connectivity index (χ4v) is 3.69. The Morgan fingerprint density at radius 2 is 1.85 bits per heavy atom. The van der Waals surface area contributed by atoms with Crippen molar-refractivity contribution in [3.63, 3.8) is 0 Å². The SMILES string of the molecule is C=CCOc1ccccc1/C=C1\SC(=O)N(Cc2ccccc2Br)C1=O. The lowest BCUT2D eigenvalue weighted by atomic mass is 10.1. The van der Waals surface area contributed by atoms with E-state index in [1.54, 1.807) is 12.2 Å². The molecule has 3 rings (SSSR count). The molecule has 4 nitrogen and oxygen atoms in total. The number of thioether (sulfide) groups is 1. The fraction of sp³-hybridized carbons (Fsp3) is 0.100. The highest BCUT2D eigenvalue weighted by Crippen LogP contribution is 2.35. The summed E-state index contributed by atoms with van der Waals surface area (Å²) in [4.78, 5) is 26.7. The monoisotopic (exact) mass is 429 g/mol. The standard InChI is InChI=1S/C20H16BrNO3S/c1-2-11-25-17-10-6-4-7-14(17)12-18-19(23)22(20(24)26-18)13-15-8-3-5-9-16(15)21/h2-10,12H,1,11,13H2/b18-12-. The number of amides is 2. The quantitative estimate of drug-likeness (QED) is 0.464. The van der Waals surface area contributed by atoms with Gasteiger partial charge in [-0.05, 0) is 35.5 Å². The van der Waals surface area contributed by atoms with Gasteiger partial charge in [0.2, 0.25) is 0 Å². The molecule has 1 saturated heterocycles. The predicted octanol–water partition coefficient (Wildman–Crippen LogP) is 5.25. The van der Waals surface area contributed by atoms with Gasteiger partial charge in [0.05, 0.1) is 11.4 Å². The molecule has 0 aliphatic carbocycles. The van der Waals surface area contributed by atoms with Crippen LogP contribution in [-0.4, -0.2) is 22.7 Å². The summed E-state index contributed by atoms with van der Waals surface area (Å²) in [5, 5.41) is -0.276. The minimum absolute atomic E-state index is 0.234. The summed E-state index contributed by atoms with van der Waals surface area (Å²) in [7, 11) is 0. The average molecular weight is 430 g/mol. The molecule has 0 N–H and O–H groups in total. The van der Waals surface area contributed by atoms with Crippen LogP contribution in [0.1, 0.15) is 11.1 Å². The second kappa shape index (κ2) is 8.38. The van der Waals surface area contributed by atoms with E-state index in [-0.39, 0.29) is 17.7 Å². The van der Waals surface area contributed by atoms with E-state index < -0.39 is 0 Å². The van der Waals surface area contributed by atoms with E-state index >= 15 is 0 Å². The van der Waals surface area contributed by atoms with Crippen molar-refractivity contribution in [2.24, 2.45) is 0 Å². The largest absolute Gasteiger partial charge is 0.489 e. The van der Waals surface area contributed by atoms with E-state index in [4.69, 9.17) is 4.74 Å². The maximum Gasteiger partial charge on any atom is 0.293 e. The van der Waals surface area contributed by atoms with Gasteiger partial charge in [0.25, 0.3) is 11.1 Å². The van der Waals surface area contributed by atoms with Crippen molar-refractivity contribution in [1.82, 2.24) is 4.90 Å². The van der Waals surface area contributed by atoms with E-state index in [0.717, 1.165) is 27.4 Å². The Balaban J connectivity index is 1.84. The fourth-order valence-electron chi connectivity index (χ4n) is 2.45. The molecular weight excluding hydrogens is 414 g/mol. The molecule has 0 atom stereocenters. The van der Waals surface area contributed by atoms with Crippen molar-refractivity contribution in [2.75, 3.05) is 6.61 Å². The van der Waals surface area contributed by atoms with Gasteiger partial charge in [-0.15, -0.1) is 0 Å². The lowest BCUT2D eigenvalue weighted by Gasteiger charge is -2.13. The van der Waals surface area contributed by atoms with E-state index in [0.29, 0.717) is 17.3 Å². The van der Waals surface area contributed by atoms with E-state index in [1.807, 2.05) is 48.5 Å². The van der Waals surface area contributed by atoms with Crippen molar-refractivity contribution < 1.29 is 14.3 Å². The number of carbonyl (C=O) groups excluding carboxylic acids is 2. The number of nitrogens with zero attached hydrogens (tertiary/aromatic N) is 1. The molecular formula is C20H16BrNO3S. The van der Waals surface area contributed by atoms with Crippen molar-refractivity contribution in [3.05, 3.63) is 81.7 Å². The van der Waals surface area contributed by atoms with Crippen LogP contribution in [-0.2, 0) is 11.3 Å². The average Bonchev–Trinajstić information content (AvgIpc) is 2.90. The van der Waals surface area contributed by atoms with Gasteiger partial charge in [-0.1, -0.05) is 65.0 Å². The maximum atomic E-state index is 12.7. The number of benzene rings is 2. The number of rotatable bonds is 6. The van der Waals surface area contributed by atoms with Crippen LogP contribution < -0.4 is 4.74 Å². The summed E-state index contributed by atoms with van der Waals surface area (Å²) < 4.78 is 6.48. The number of hydrogen-bond acceptors (Lipinski definition) is 4. The zero-order chi connectivity index (χ0) is 18.5. The number of ether oxygens (including phenoxy) is 1. The molecule has 6 heteroatoms. The Labute approximate surface area is 164 Å². The van der Waals surface area contributed by atoms with Crippen LogP contribution in [0.15, 0.2) is 70.6 Å². The van der Waals surface area contributed by atoms with Gasteiger partial charge in [-0.2, -0.15) is 0 Å². The van der Waals surface area contributed by atoms with Crippen LogP contribution in [0.3, 0.4) is 0 Å². The zero-order valence-electron chi connectivity index (χ0n) is 13.9. The smallest absolute Gasteiger partial charge is 0.293 e. The molecule has 26 heavy (non-hydrogen) atoms. The molecule has 0 bridgehead atoms. The normalized spacial score (nSPS) is 15.6. The van der Waals surface area contributed by atoms with E-state index in [2.05, 4.69) is 22.5 Å². The first kappa shape index (κ1) is 18.5. The molecule has 0 saturated carbocycles. The molecule has 1 aliphatic rings. The van der Waals surface area contributed by atoms with Gasteiger partial charge >= 0.3 is 0 Å². The van der Waals surface area contributed by atoms with Gasteiger partial charge in [-0.25, -0.2) is 0 Å². The highest BCUT2D eigenvalue weighted by Gasteiger charge is 2.35. The third kappa shape index (κ3) is 4.08. The third-order valence-electron chi connectivity index (χ3n) is 3.72. The first-order valence-electron chi connectivity index (χ1n) is 7.91. The molecule has 1 heterocycles. The molecule has 2 aromatic carbocycles. The second-order valence-corrected chi connectivity index (χ2v) is 7.34. The number of para-hydroxylation sites is 1. The topological polar surface area (TPSA) is 46.6 Å². The van der Waals surface area contributed by atoms with E-state index in [1.165, 1.54) is 4.90 Å². The van der Waals surface area contributed by atoms with Crippen LogP contribution >= 0.6 is 27.7 Å². The minimum Gasteiger partial charge on any atom is -0.489 e. The molecule has 2 aromatic rings. The molecule has 2 amide bonds. The minimum atomic E-state index is -0.297. The highest BCUT2D eigenvalue weighted by molar-refractivity contribution is 9.10. The van der Waals surface area contributed by atoms with Gasteiger partial charge in [0, 0.05) is 10.0 Å². The van der Waals surface area contributed by atoms with Gasteiger partial charge in [-0.3, -0.25) is 14.5 Å². The molecule has 0 unspecified atom stereocenters. The van der Waals surface area contributed by atoms with Crippen LogP contribution in [0.2, 0.25) is 0 Å². The second-order valence-electron chi connectivity index (χ2n) is 5.50. The number of hydrogen-bond donors (Lipinski definition) is 0. The molecule has 1 fully saturated rings. The molecule has 0 spiro atoms.